The van der Waals surface area contributed by atoms with Gasteiger partial charge in [0, 0.05) is 11.0 Å². The minimum absolute atomic E-state index is 0.0489. The lowest BCUT2D eigenvalue weighted by Gasteiger charge is -2.16. The summed E-state index contributed by atoms with van der Waals surface area (Å²) in [4.78, 5) is 25.8. The second-order valence-corrected chi connectivity index (χ2v) is 6.50. The van der Waals surface area contributed by atoms with Crippen LogP contribution >= 0.6 is 11.8 Å². The fraction of sp³-hybridized carbons (Fsp3) is 0.312. The Bertz CT molecular complexity index is 769. The van der Waals surface area contributed by atoms with Crippen LogP contribution in [0.15, 0.2) is 39.8 Å². The SMILES string of the molecule is Cc1cc(NC(=O)CN(C)CC(=O)Nc2ccccc2SC(F)F)no1. The third kappa shape index (κ3) is 6.45. The van der Waals surface area contributed by atoms with Crippen molar-refractivity contribution in [2.24, 2.45) is 0 Å². The first kappa shape index (κ1) is 19.9. The van der Waals surface area contributed by atoms with Gasteiger partial charge in [-0.1, -0.05) is 29.1 Å². The van der Waals surface area contributed by atoms with Crippen LogP contribution in [0.1, 0.15) is 5.76 Å². The summed E-state index contributed by atoms with van der Waals surface area (Å²) in [6, 6.07) is 7.87. The molecule has 0 aliphatic rings. The molecule has 0 saturated heterocycles. The highest BCUT2D eigenvalue weighted by Crippen LogP contribution is 2.31. The zero-order chi connectivity index (χ0) is 19.1. The number of aryl methyl sites for hydroxylation is 1. The maximum atomic E-state index is 12.6. The number of rotatable bonds is 8. The van der Waals surface area contributed by atoms with E-state index in [-0.39, 0.29) is 23.9 Å². The van der Waals surface area contributed by atoms with Crippen molar-refractivity contribution in [2.45, 2.75) is 17.6 Å². The van der Waals surface area contributed by atoms with Crippen LogP contribution in [0.25, 0.3) is 0 Å². The van der Waals surface area contributed by atoms with Crippen molar-refractivity contribution in [1.29, 1.82) is 0 Å². The van der Waals surface area contributed by atoms with Crippen LogP contribution in [0.5, 0.6) is 0 Å². The van der Waals surface area contributed by atoms with Crippen molar-refractivity contribution in [3.63, 3.8) is 0 Å². The third-order valence-electron chi connectivity index (χ3n) is 3.10. The van der Waals surface area contributed by atoms with Gasteiger partial charge in [0.05, 0.1) is 18.8 Å². The molecule has 1 aromatic carbocycles. The number of para-hydroxylation sites is 1. The highest BCUT2D eigenvalue weighted by molar-refractivity contribution is 7.99. The number of benzene rings is 1. The monoisotopic (exact) mass is 384 g/mol. The predicted molar refractivity (Wildman–Crippen MR) is 94.3 cm³/mol. The third-order valence-corrected chi connectivity index (χ3v) is 3.89. The molecule has 0 bridgehead atoms. The summed E-state index contributed by atoms with van der Waals surface area (Å²) in [5, 5.41) is 8.77. The summed E-state index contributed by atoms with van der Waals surface area (Å²) in [5.74, 6) is -2.50. The molecular weight excluding hydrogens is 366 g/mol. The van der Waals surface area contributed by atoms with Gasteiger partial charge in [0.25, 0.3) is 5.76 Å². The van der Waals surface area contributed by atoms with E-state index in [0.29, 0.717) is 29.0 Å². The summed E-state index contributed by atoms with van der Waals surface area (Å²) >= 11 is 0.358. The van der Waals surface area contributed by atoms with Crippen LogP contribution < -0.4 is 10.6 Å². The summed E-state index contributed by atoms with van der Waals surface area (Å²) in [7, 11) is 1.59. The molecule has 0 aliphatic heterocycles. The largest absolute Gasteiger partial charge is 0.360 e. The van der Waals surface area contributed by atoms with Gasteiger partial charge in [-0.05, 0) is 26.1 Å². The number of carbonyl (C=O) groups excluding carboxylic acids is 2. The Morgan fingerprint density at radius 3 is 2.50 bits per heavy atom. The Balaban J connectivity index is 1.84. The molecule has 0 atom stereocenters. The smallest absolute Gasteiger partial charge is 0.288 e. The Labute approximate surface area is 153 Å². The van der Waals surface area contributed by atoms with Gasteiger partial charge in [-0.2, -0.15) is 8.78 Å². The van der Waals surface area contributed by atoms with Crippen LogP contribution in [-0.2, 0) is 9.59 Å². The molecular formula is C16H18F2N4O3S. The maximum absolute atomic E-state index is 12.6. The summed E-state index contributed by atoms with van der Waals surface area (Å²) in [5.41, 5.74) is 0.304. The van der Waals surface area contributed by atoms with E-state index in [1.165, 1.54) is 11.0 Å². The fourth-order valence-electron chi connectivity index (χ4n) is 2.11. The molecule has 1 heterocycles. The topological polar surface area (TPSA) is 87.5 Å². The van der Waals surface area contributed by atoms with Crippen molar-refractivity contribution in [3.05, 3.63) is 36.1 Å². The maximum Gasteiger partial charge on any atom is 0.288 e. The number of halogens is 2. The van der Waals surface area contributed by atoms with E-state index < -0.39 is 11.7 Å². The van der Waals surface area contributed by atoms with Crippen LogP contribution in [0.3, 0.4) is 0 Å². The molecule has 0 fully saturated rings. The zero-order valence-corrected chi connectivity index (χ0v) is 15.0. The zero-order valence-electron chi connectivity index (χ0n) is 14.2. The number of aromatic nitrogens is 1. The van der Waals surface area contributed by atoms with E-state index in [0.717, 1.165) is 0 Å². The Kier molecular flexibility index (Phi) is 7.10. The number of alkyl halides is 2. The normalized spacial score (nSPS) is 11.0. The van der Waals surface area contributed by atoms with Gasteiger partial charge in [0.2, 0.25) is 11.8 Å². The molecule has 2 rings (SSSR count). The van der Waals surface area contributed by atoms with Crippen molar-refractivity contribution >= 4 is 35.1 Å². The Morgan fingerprint density at radius 1 is 1.23 bits per heavy atom. The average Bonchev–Trinajstić information content (AvgIpc) is 2.93. The molecule has 10 heteroatoms. The van der Waals surface area contributed by atoms with Gasteiger partial charge >= 0.3 is 0 Å². The number of hydrogen-bond donors (Lipinski definition) is 2. The molecule has 1 aromatic heterocycles. The molecule has 0 saturated carbocycles. The number of thioether (sulfide) groups is 1. The second kappa shape index (κ2) is 9.30. The molecule has 26 heavy (non-hydrogen) atoms. The molecule has 7 nitrogen and oxygen atoms in total. The Hall–Kier alpha value is -2.46. The number of nitrogens with one attached hydrogen (secondary N) is 2. The molecule has 2 amide bonds. The van der Waals surface area contributed by atoms with Gasteiger partial charge in [0.15, 0.2) is 5.82 Å². The van der Waals surface area contributed by atoms with Crippen LogP contribution in [0.2, 0.25) is 0 Å². The molecule has 0 aliphatic carbocycles. The lowest BCUT2D eigenvalue weighted by atomic mass is 10.3. The fourth-order valence-corrected chi connectivity index (χ4v) is 2.71. The summed E-state index contributed by atoms with van der Waals surface area (Å²) in [6.07, 6.45) is 0. The number of anilines is 2. The van der Waals surface area contributed by atoms with E-state index in [1.807, 2.05) is 0 Å². The second-order valence-electron chi connectivity index (χ2n) is 5.47. The quantitative estimate of drug-likeness (QED) is 0.681. The molecule has 0 spiro atoms. The van der Waals surface area contributed by atoms with Crippen molar-refractivity contribution < 1.29 is 22.9 Å². The predicted octanol–water partition coefficient (Wildman–Crippen LogP) is 2.81. The molecule has 2 aromatic rings. The van der Waals surface area contributed by atoms with Gasteiger partial charge in [-0.25, -0.2) is 0 Å². The molecule has 0 unspecified atom stereocenters. The molecule has 2 N–H and O–H groups in total. The molecule has 0 radical (unpaired) electrons. The Morgan fingerprint density at radius 2 is 1.88 bits per heavy atom. The highest BCUT2D eigenvalue weighted by atomic mass is 32.2. The lowest BCUT2D eigenvalue weighted by Crippen LogP contribution is -2.36. The van der Waals surface area contributed by atoms with Gasteiger partial charge in [-0.15, -0.1) is 0 Å². The number of hydrogen-bond acceptors (Lipinski definition) is 6. The van der Waals surface area contributed by atoms with E-state index in [2.05, 4.69) is 15.8 Å². The van der Waals surface area contributed by atoms with Crippen molar-refractivity contribution in [2.75, 3.05) is 30.8 Å². The number of likely N-dealkylation sites (N-methyl/N-ethyl adjacent to an activating group) is 1. The standard InChI is InChI=1S/C16H18F2N4O3S/c1-10-7-13(21-25-10)20-15(24)9-22(2)8-14(23)19-11-5-3-4-6-12(11)26-16(17)18/h3-7,16H,8-9H2,1-2H3,(H,19,23)(H,20,21,24). The van der Waals surface area contributed by atoms with Crippen LogP contribution in [0, 0.1) is 6.92 Å². The number of nitrogens with zero attached hydrogens (tertiary/aromatic N) is 2. The summed E-state index contributed by atoms with van der Waals surface area (Å²) in [6.45, 7) is 1.56. The lowest BCUT2D eigenvalue weighted by molar-refractivity contribution is -0.119. The number of amides is 2. The van der Waals surface area contributed by atoms with Crippen LogP contribution in [-0.4, -0.2) is 47.8 Å². The first-order valence-electron chi connectivity index (χ1n) is 7.59. The highest BCUT2D eigenvalue weighted by Gasteiger charge is 2.15. The van der Waals surface area contributed by atoms with Gasteiger partial charge < -0.3 is 15.2 Å². The molecule has 140 valence electrons. The first-order chi connectivity index (χ1) is 12.3. The van der Waals surface area contributed by atoms with E-state index in [1.54, 1.807) is 38.2 Å². The first-order valence-corrected chi connectivity index (χ1v) is 8.47. The number of carbonyl (C=O) groups is 2. The van der Waals surface area contributed by atoms with Crippen molar-refractivity contribution in [1.82, 2.24) is 10.1 Å². The van der Waals surface area contributed by atoms with E-state index in [9.17, 15) is 18.4 Å². The van der Waals surface area contributed by atoms with E-state index >= 15 is 0 Å². The van der Waals surface area contributed by atoms with Crippen molar-refractivity contribution in [3.8, 4) is 0 Å². The van der Waals surface area contributed by atoms with Gasteiger partial charge in [-0.3, -0.25) is 14.5 Å². The minimum Gasteiger partial charge on any atom is -0.360 e. The van der Waals surface area contributed by atoms with Gasteiger partial charge in [0.1, 0.15) is 5.76 Å². The summed E-state index contributed by atoms with van der Waals surface area (Å²) < 4.78 is 30.0. The van der Waals surface area contributed by atoms with E-state index in [4.69, 9.17) is 4.52 Å². The minimum atomic E-state index is -2.58. The van der Waals surface area contributed by atoms with Crippen LogP contribution in [0.4, 0.5) is 20.3 Å². The average molecular weight is 384 g/mol.